The first-order chi connectivity index (χ1) is 14.8. The Morgan fingerprint density at radius 1 is 1.06 bits per heavy atom. The van der Waals surface area contributed by atoms with Gasteiger partial charge in [-0.2, -0.15) is 0 Å². The van der Waals surface area contributed by atoms with Gasteiger partial charge in [0.25, 0.3) is 0 Å². The first-order valence-electron chi connectivity index (χ1n) is 10.0. The minimum Gasteiger partial charge on any atom is -0.356 e. The molecule has 0 unspecified atom stereocenters. The molecule has 0 amide bonds. The van der Waals surface area contributed by atoms with Gasteiger partial charge in [-0.25, -0.2) is 4.99 Å². The largest absolute Gasteiger partial charge is 0.356 e. The normalized spacial score (nSPS) is 11.5. The molecule has 4 rings (SSSR count). The maximum atomic E-state index is 4.73. The maximum absolute atomic E-state index is 4.73. The molecule has 11 heteroatoms. The number of guanidine groups is 1. The fourth-order valence-electron chi connectivity index (χ4n) is 3.12. The maximum Gasteiger partial charge on any atom is 0.191 e. The van der Waals surface area contributed by atoms with Crippen LogP contribution in [0, 0.1) is 0 Å². The molecule has 0 bridgehead atoms. The van der Waals surface area contributed by atoms with Crippen molar-refractivity contribution in [2.75, 3.05) is 13.1 Å². The highest BCUT2D eigenvalue weighted by molar-refractivity contribution is 14.0. The Morgan fingerprint density at radius 2 is 1.97 bits per heavy atom. The monoisotopic (exact) mass is 551 g/mol. The zero-order valence-electron chi connectivity index (χ0n) is 17.3. The first kappa shape index (κ1) is 23.1. The van der Waals surface area contributed by atoms with Gasteiger partial charge < -0.3 is 15.2 Å². The third-order valence-electron chi connectivity index (χ3n) is 4.66. The second kappa shape index (κ2) is 11.7. The molecule has 164 valence electrons. The van der Waals surface area contributed by atoms with Crippen LogP contribution in [0.3, 0.4) is 0 Å². The van der Waals surface area contributed by atoms with Crippen molar-refractivity contribution in [3.63, 3.8) is 0 Å². The predicted molar refractivity (Wildman–Crippen MR) is 133 cm³/mol. The lowest BCUT2D eigenvalue weighted by molar-refractivity contribution is 0.631. The lowest BCUT2D eigenvalue weighted by atomic mass is 10.3. The standard InChI is InChI=1S/C20H25N9S.HI/c1-2-17-25-24-15-28(17)12-10-22-20(21-9-8-16-6-5-13-30-16)23-14-19-27-26-18-7-3-4-11-29(18)19;/h3-7,11,13,15H,2,8-10,12,14H2,1H3,(H2,21,22,23);1H. The SMILES string of the molecule is CCc1nncn1CCNC(=NCc1nnc2ccccn12)NCCc1cccs1.I. The zero-order chi connectivity index (χ0) is 20.6. The van der Waals surface area contributed by atoms with Crippen molar-refractivity contribution in [1.29, 1.82) is 0 Å². The highest BCUT2D eigenvalue weighted by atomic mass is 127. The van der Waals surface area contributed by atoms with Gasteiger partial charge in [0.2, 0.25) is 0 Å². The highest BCUT2D eigenvalue weighted by Gasteiger charge is 2.06. The number of fused-ring (bicyclic) bond motifs is 1. The van der Waals surface area contributed by atoms with Gasteiger partial charge in [-0.15, -0.1) is 55.7 Å². The number of hydrogen-bond donors (Lipinski definition) is 2. The summed E-state index contributed by atoms with van der Waals surface area (Å²) < 4.78 is 4.01. The van der Waals surface area contributed by atoms with E-state index in [4.69, 9.17) is 4.99 Å². The van der Waals surface area contributed by atoms with Crippen molar-refractivity contribution in [1.82, 2.24) is 40.0 Å². The Kier molecular flexibility index (Phi) is 8.76. The number of hydrogen-bond acceptors (Lipinski definition) is 6. The quantitative estimate of drug-likeness (QED) is 0.189. The molecule has 0 aliphatic heterocycles. The molecule has 4 heterocycles. The molecule has 0 saturated carbocycles. The number of halogens is 1. The van der Waals surface area contributed by atoms with Crippen molar-refractivity contribution < 1.29 is 0 Å². The molecule has 4 aromatic heterocycles. The number of rotatable bonds is 9. The molecule has 0 spiro atoms. The van der Waals surface area contributed by atoms with Crippen LogP contribution in [-0.2, 0) is 25.9 Å². The Hall–Kier alpha value is -2.54. The van der Waals surface area contributed by atoms with Gasteiger partial charge in [-0.3, -0.25) is 4.40 Å². The summed E-state index contributed by atoms with van der Waals surface area (Å²) in [5, 5.41) is 25.5. The van der Waals surface area contributed by atoms with E-state index in [2.05, 4.69) is 60.0 Å². The van der Waals surface area contributed by atoms with Crippen LogP contribution in [0.2, 0.25) is 0 Å². The zero-order valence-corrected chi connectivity index (χ0v) is 20.5. The van der Waals surface area contributed by atoms with E-state index in [0.29, 0.717) is 6.54 Å². The number of thiophene rings is 1. The molecule has 0 fully saturated rings. The lowest BCUT2D eigenvalue weighted by Crippen LogP contribution is -2.40. The molecular weight excluding hydrogens is 525 g/mol. The Bertz CT molecular complexity index is 1090. The van der Waals surface area contributed by atoms with Crippen molar-refractivity contribution >= 4 is 46.9 Å². The van der Waals surface area contributed by atoms with E-state index < -0.39 is 0 Å². The second-order valence-electron chi connectivity index (χ2n) is 6.69. The number of pyridine rings is 1. The van der Waals surface area contributed by atoms with E-state index in [-0.39, 0.29) is 24.0 Å². The topological polar surface area (TPSA) is 97.3 Å². The van der Waals surface area contributed by atoms with Gasteiger partial charge in [0.05, 0.1) is 0 Å². The van der Waals surface area contributed by atoms with E-state index in [9.17, 15) is 0 Å². The van der Waals surface area contributed by atoms with Crippen molar-refractivity contribution in [2.24, 2.45) is 4.99 Å². The molecule has 0 aliphatic rings. The summed E-state index contributed by atoms with van der Waals surface area (Å²) in [6.07, 6.45) is 5.54. The van der Waals surface area contributed by atoms with Crippen molar-refractivity contribution in [2.45, 2.75) is 32.9 Å². The summed E-state index contributed by atoms with van der Waals surface area (Å²) in [7, 11) is 0. The van der Waals surface area contributed by atoms with Gasteiger partial charge >= 0.3 is 0 Å². The Morgan fingerprint density at radius 3 is 2.81 bits per heavy atom. The van der Waals surface area contributed by atoms with Gasteiger partial charge in [0, 0.05) is 37.1 Å². The van der Waals surface area contributed by atoms with Crippen LogP contribution in [0.1, 0.15) is 23.4 Å². The number of nitrogens with one attached hydrogen (secondary N) is 2. The summed E-state index contributed by atoms with van der Waals surface area (Å²) in [5.41, 5.74) is 0.822. The Balaban J connectivity index is 0.00000272. The van der Waals surface area contributed by atoms with Gasteiger partial charge in [-0.1, -0.05) is 19.1 Å². The first-order valence-corrected chi connectivity index (χ1v) is 10.9. The third kappa shape index (κ3) is 6.23. The van der Waals surface area contributed by atoms with Crippen molar-refractivity contribution in [3.8, 4) is 0 Å². The number of nitrogens with zero attached hydrogens (tertiary/aromatic N) is 7. The lowest BCUT2D eigenvalue weighted by Gasteiger charge is -2.13. The van der Waals surface area contributed by atoms with E-state index in [1.165, 1.54) is 4.88 Å². The second-order valence-corrected chi connectivity index (χ2v) is 7.72. The molecule has 31 heavy (non-hydrogen) atoms. The summed E-state index contributed by atoms with van der Waals surface area (Å²) in [6.45, 7) is 4.81. The molecular formula is C20H26IN9S. The highest BCUT2D eigenvalue weighted by Crippen LogP contribution is 2.08. The Labute approximate surface area is 202 Å². The molecule has 0 aliphatic carbocycles. The van der Waals surface area contributed by atoms with Gasteiger partial charge in [0.15, 0.2) is 17.4 Å². The summed E-state index contributed by atoms with van der Waals surface area (Å²) in [6, 6.07) is 10.1. The number of aliphatic imine (C=N–C) groups is 1. The van der Waals surface area contributed by atoms with Crippen LogP contribution in [0.15, 0.2) is 53.2 Å². The van der Waals surface area contributed by atoms with Crippen LogP contribution in [0.4, 0.5) is 0 Å². The van der Waals surface area contributed by atoms with Crippen LogP contribution in [-0.4, -0.2) is 48.4 Å². The van der Waals surface area contributed by atoms with E-state index in [0.717, 1.165) is 55.7 Å². The van der Waals surface area contributed by atoms with Gasteiger partial charge in [0.1, 0.15) is 18.7 Å². The third-order valence-corrected chi connectivity index (χ3v) is 5.60. The smallest absolute Gasteiger partial charge is 0.191 e. The summed E-state index contributed by atoms with van der Waals surface area (Å²) in [4.78, 5) is 6.08. The molecule has 2 N–H and O–H groups in total. The number of aryl methyl sites for hydroxylation is 1. The summed E-state index contributed by atoms with van der Waals surface area (Å²) in [5.74, 6) is 2.54. The average Bonchev–Trinajstić information content (AvgIpc) is 3.52. The minimum absolute atomic E-state index is 0. The van der Waals surface area contributed by atoms with Crippen LogP contribution in [0.25, 0.3) is 5.65 Å². The molecule has 0 radical (unpaired) electrons. The van der Waals surface area contributed by atoms with Crippen molar-refractivity contribution in [3.05, 3.63) is 64.8 Å². The predicted octanol–water partition coefficient (Wildman–Crippen LogP) is 2.54. The number of aromatic nitrogens is 6. The molecule has 0 atom stereocenters. The fourth-order valence-corrected chi connectivity index (χ4v) is 3.82. The van der Waals surface area contributed by atoms with E-state index in [1.807, 2.05) is 28.8 Å². The fraction of sp³-hybridized carbons (Fsp3) is 0.350. The molecule has 4 aromatic rings. The van der Waals surface area contributed by atoms with E-state index in [1.54, 1.807) is 17.7 Å². The minimum atomic E-state index is 0. The molecule has 0 saturated heterocycles. The van der Waals surface area contributed by atoms with Gasteiger partial charge in [-0.05, 0) is 30.0 Å². The molecule has 9 nitrogen and oxygen atoms in total. The van der Waals surface area contributed by atoms with Crippen LogP contribution in [0.5, 0.6) is 0 Å². The van der Waals surface area contributed by atoms with Crippen LogP contribution < -0.4 is 10.6 Å². The van der Waals surface area contributed by atoms with Crippen LogP contribution >= 0.6 is 35.3 Å². The summed E-state index contributed by atoms with van der Waals surface area (Å²) >= 11 is 1.77. The molecule has 0 aromatic carbocycles. The average molecular weight is 551 g/mol. The van der Waals surface area contributed by atoms with E-state index >= 15 is 0 Å².